The van der Waals surface area contributed by atoms with Crippen LogP contribution in [0.2, 0.25) is 0 Å². The Bertz CT molecular complexity index is 1160. The molecule has 2 aromatic carbocycles. The van der Waals surface area contributed by atoms with E-state index in [4.69, 9.17) is 9.47 Å². The molecule has 202 valence electrons. The van der Waals surface area contributed by atoms with Gasteiger partial charge in [0.25, 0.3) is 0 Å². The molecule has 2 amide bonds. The largest absolute Gasteiger partial charge is 0.454 e. The molecule has 1 N–H and O–H groups in total. The lowest BCUT2D eigenvalue weighted by atomic mass is 10.1. The lowest BCUT2D eigenvalue weighted by molar-refractivity contribution is -0.140. The van der Waals surface area contributed by atoms with Crippen molar-refractivity contribution in [3.8, 4) is 11.5 Å². The van der Waals surface area contributed by atoms with Gasteiger partial charge in [-0.15, -0.1) is 0 Å². The molecule has 9 nitrogen and oxygen atoms in total. The second-order valence-corrected chi connectivity index (χ2v) is 10.9. The highest BCUT2D eigenvalue weighted by atomic mass is 32.2. The van der Waals surface area contributed by atoms with E-state index < -0.39 is 16.1 Å². The van der Waals surface area contributed by atoms with E-state index in [1.807, 2.05) is 44.2 Å². The van der Waals surface area contributed by atoms with E-state index in [1.54, 1.807) is 23.1 Å². The van der Waals surface area contributed by atoms with Crippen molar-refractivity contribution in [1.82, 2.24) is 10.2 Å². The number of hydrogen-bond donors (Lipinski definition) is 1. The molecule has 1 aliphatic heterocycles. The van der Waals surface area contributed by atoms with E-state index >= 15 is 0 Å². The van der Waals surface area contributed by atoms with Crippen molar-refractivity contribution in [2.75, 3.05) is 37.0 Å². The summed E-state index contributed by atoms with van der Waals surface area (Å²) >= 11 is 0. The van der Waals surface area contributed by atoms with Gasteiger partial charge in [0.2, 0.25) is 28.6 Å². The zero-order valence-electron chi connectivity index (χ0n) is 21.8. The third-order valence-corrected chi connectivity index (χ3v) is 7.41. The van der Waals surface area contributed by atoms with Gasteiger partial charge in [0.15, 0.2) is 11.5 Å². The van der Waals surface area contributed by atoms with E-state index in [1.165, 1.54) is 4.31 Å². The minimum Gasteiger partial charge on any atom is -0.454 e. The summed E-state index contributed by atoms with van der Waals surface area (Å²) in [5, 5.41) is 2.91. The molecule has 1 unspecified atom stereocenters. The van der Waals surface area contributed by atoms with Gasteiger partial charge in [-0.1, -0.05) is 44.2 Å². The minimum absolute atomic E-state index is 0.0927. The van der Waals surface area contributed by atoms with Gasteiger partial charge in [-0.05, 0) is 43.4 Å². The van der Waals surface area contributed by atoms with Gasteiger partial charge < -0.3 is 19.7 Å². The van der Waals surface area contributed by atoms with Gasteiger partial charge in [0.05, 0.1) is 11.9 Å². The third-order valence-electron chi connectivity index (χ3n) is 6.22. The Morgan fingerprint density at radius 1 is 1.03 bits per heavy atom. The highest BCUT2D eigenvalue weighted by Gasteiger charge is 2.28. The number of nitrogens with one attached hydrogen (secondary N) is 1. The molecule has 0 bridgehead atoms. The lowest BCUT2D eigenvalue weighted by Gasteiger charge is -2.31. The van der Waals surface area contributed by atoms with Crippen LogP contribution in [0.1, 0.15) is 45.1 Å². The summed E-state index contributed by atoms with van der Waals surface area (Å²) in [4.78, 5) is 27.9. The highest BCUT2D eigenvalue weighted by Crippen LogP contribution is 2.36. The Hall–Kier alpha value is -3.27. The van der Waals surface area contributed by atoms with Crippen molar-refractivity contribution in [3.63, 3.8) is 0 Å². The van der Waals surface area contributed by atoms with E-state index in [-0.39, 0.29) is 31.6 Å². The monoisotopic (exact) mass is 531 g/mol. The second-order valence-electron chi connectivity index (χ2n) is 9.01. The molecule has 0 fully saturated rings. The van der Waals surface area contributed by atoms with Crippen molar-refractivity contribution in [2.45, 2.75) is 52.0 Å². The van der Waals surface area contributed by atoms with Crippen LogP contribution in [0.25, 0.3) is 0 Å². The molecule has 3 rings (SSSR count). The van der Waals surface area contributed by atoms with Crippen LogP contribution in [0, 0.1) is 0 Å². The minimum atomic E-state index is -3.60. The van der Waals surface area contributed by atoms with Crippen LogP contribution in [0.3, 0.4) is 0 Å². The number of nitrogens with zero attached hydrogens (tertiary/aromatic N) is 2. The molecular formula is C27H37N3O6S. The third kappa shape index (κ3) is 7.85. The maximum absolute atomic E-state index is 13.4. The first kappa shape index (κ1) is 28.3. The van der Waals surface area contributed by atoms with Crippen LogP contribution in [0.5, 0.6) is 11.5 Å². The summed E-state index contributed by atoms with van der Waals surface area (Å²) in [6, 6.07) is 14.2. The first-order valence-corrected chi connectivity index (χ1v) is 14.6. The average Bonchev–Trinajstić information content (AvgIpc) is 3.35. The molecule has 1 heterocycles. The van der Waals surface area contributed by atoms with Gasteiger partial charge >= 0.3 is 0 Å². The SMILES string of the molecule is CCCNC(=O)C(CC)N(CCc1ccccc1)C(=O)CCCN(c1ccc2c(c1)OCO2)S(C)(=O)=O. The highest BCUT2D eigenvalue weighted by molar-refractivity contribution is 7.92. The Morgan fingerprint density at radius 2 is 1.76 bits per heavy atom. The first-order valence-electron chi connectivity index (χ1n) is 12.7. The summed E-state index contributed by atoms with van der Waals surface area (Å²) in [5.74, 6) is 0.712. The number of sulfonamides is 1. The van der Waals surface area contributed by atoms with E-state index in [0.29, 0.717) is 49.5 Å². The number of rotatable bonds is 14. The molecule has 10 heteroatoms. The predicted octanol–water partition coefficient (Wildman–Crippen LogP) is 3.34. The molecule has 0 spiro atoms. The topological polar surface area (TPSA) is 105 Å². The molecule has 0 aliphatic carbocycles. The summed E-state index contributed by atoms with van der Waals surface area (Å²) in [6.45, 7) is 5.04. The molecule has 0 saturated heterocycles. The number of benzene rings is 2. The molecule has 0 radical (unpaired) electrons. The molecular weight excluding hydrogens is 494 g/mol. The zero-order chi connectivity index (χ0) is 26.8. The van der Waals surface area contributed by atoms with Crippen LogP contribution in [0.15, 0.2) is 48.5 Å². The van der Waals surface area contributed by atoms with Crippen LogP contribution >= 0.6 is 0 Å². The zero-order valence-corrected chi connectivity index (χ0v) is 22.6. The van der Waals surface area contributed by atoms with E-state index in [9.17, 15) is 18.0 Å². The number of fused-ring (bicyclic) bond motifs is 1. The number of amides is 2. The fourth-order valence-corrected chi connectivity index (χ4v) is 5.26. The fourth-order valence-electron chi connectivity index (χ4n) is 4.31. The van der Waals surface area contributed by atoms with E-state index in [0.717, 1.165) is 18.2 Å². The van der Waals surface area contributed by atoms with Gasteiger partial charge in [-0.3, -0.25) is 13.9 Å². The number of hydrogen-bond acceptors (Lipinski definition) is 6. The second kappa shape index (κ2) is 13.3. The van der Waals surface area contributed by atoms with Crippen molar-refractivity contribution in [3.05, 3.63) is 54.1 Å². The van der Waals surface area contributed by atoms with E-state index in [2.05, 4.69) is 5.32 Å². The fraction of sp³-hybridized carbons (Fsp3) is 0.481. The van der Waals surface area contributed by atoms with Gasteiger partial charge in [0, 0.05) is 32.1 Å². The molecule has 1 aliphatic rings. The Kier molecular flexibility index (Phi) is 10.2. The molecule has 37 heavy (non-hydrogen) atoms. The molecule has 2 aromatic rings. The number of carbonyl (C=O) groups excluding carboxylic acids is 2. The van der Waals surface area contributed by atoms with Crippen LogP contribution in [0.4, 0.5) is 5.69 Å². The van der Waals surface area contributed by atoms with Crippen molar-refractivity contribution >= 4 is 27.5 Å². The van der Waals surface area contributed by atoms with Gasteiger partial charge in [-0.2, -0.15) is 0 Å². The molecule has 0 aromatic heterocycles. The average molecular weight is 532 g/mol. The normalized spacial score (nSPS) is 13.2. The molecule has 0 saturated carbocycles. The lowest BCUT2D eigenvalue weighted by Crippen LogP contribution is -2.50. The maximum atomic E-state index is 13.4. The standard InChI is InChI=1S/C27H37N3O6S/c1-4-16-28-27(32)23(5-2)29(18-15-21-10-7-6-8-11-21)26(31)12-9-17-30(37(3,33)34)22-13-14-24-25(19-22)36-20-35-24/h6-8,10-11,13-14,19,23H,4-5,9,12,15-18,20H2,1-3H3,(H,28,32). The van der Waals surface area contributed by atoms with Crippen molar-refractivity contribution in [2.24, 2.45) is 0 Å². The Morgan fingerprint density at radius 3 is 2.43 bits per heavy atom. The quantitative estimate of drug-likeness (QED) is 0.401. The predicted molar refractivity (Wildman–Crippen MR) is 143 cm³/mol. The number of carbonyl (C=O) groups is 2. The van der Waals surface area contributed by atoms with Gasteiger partial charge in [-0.25, -0.2) is 8.42 Å². The molecule has 1 atom stereocenters. The smallest absolute Gasteiger partial charge is 0.242 e. The van der Waals surface area contributed by atoms with Crippen LogP contribution in [-0.4, -0.2) is 63.9 Å². The summed E-state index contributed by atoms with van der Waals surface area (Å²) in [6.07, 6.45) is 3.47. The van der Waals surface area contributed by atoms with Crippen molar-refractivity contribution < 1.29 is 27.5 Å². The number of anilines is 1. The van der Waals surface area contributed by atoms with Crippen molar-refractivity contribution in [1.29, 1.82) is 0 Å². The Labute approximate surface area is 219 Å². The summed E-state index contributed by atoms with van der Waals surface area (Å²) in [5.41, 5.74) is 1.53. The van der Waals surface area contributed by atoms with Crippen LogP contribution < -0.4 is 19.1 Å². The Balaban J connectivity index is 1.70. The summed E-state index contributed by atoms with van der Waals surface area (Å²) < 4.78 is 37.1. The maximum Gasteiger partial charge on any atom is 0.242 e. The van der Waals surface area contributed by atoms with Crippen LogP contribution in [-0.2, 0) is 26.0 Å². The first-order chi connectivity index (χ1) is 17.7. The van der Waals surface area contributed by atoms with Gasteiger partial charge in [0.1, 0.15) is 6.04 Å². The number of ether oxygens (including phenoxy) is 2. The summed E-state index contributed by atoms with van der Waals surface area (Å²) in [7, 11) is -3.60.